The highest BCUT2D eigenvalue weighted by Crippen LogP contribution is 2.32. The largest absolute Gasteiger partial charge is 0.495 e. The van der Waals surface area contributed by atoms with Crippen LogP contribution in [0.5, 0.6) is 5.75 Å². The van der Waals surface area contributed by atoms with Crippen LogP contribution in [-0.4, -0.2) is 33.7 Å². The summed E-state index contributed by atoms with van der Waals surface area (Å²) in [5.41, 5.74) is 5.02. The Hall–Kier alpha value is -2.63. The van der Waals surface area contributed by atoms with Crippen LogP contribution < -0.4 is 14.5 Å². The fourth-order valence-corrected chi connectivity index (χ4v) is 5.26. The first-order chi connectivity index (χ1) is 16.1. The number of nitrogens with one attached hydrogen (secondary N) is 1. The lowest BCUT2D eigenvalue weighted by atomic mass is 10.1. The van der Waals surface area contributed by atoms with Gasteiger partial charge in [-0.15, -0.1) is 0 Å². The highest BCUT2D eigenvalue weighted by molar-refractivity contribution is 14.1. The van der Waals surface area contributed by atoms with E-state index in [9.17, 15) is 13.2 Å². The van der Waals surface area contributed by atoms with Gasteiger partial charge in [0.15, 0.2) is 0 Å². The highest BCUT2D eigenvalue weighted by Gasteiger charge is 2.28. The van der Waals surface area contributed by atoms with Crippen molar-refractivity contribution in [3.63, 3.8) is 0 Å². The summed E-state index contributed by atoms with van der Waals surface area (Å²) in [5, 5.41) is 4.36. The van der Waals surface area contributed by atoms with Crippen molar-refractivity contribution in [2.45, 2.75) is 18.7 Å². The number of carbonyl (C=O) groups excluding carboxylic acids is 1. The third-order valence-electron chi connectivity index (χ3n) is 4.91. The molecular formula is C24H23ClIN3O4S. The summed E-state index contributed by atoms with van der Waals surface area (Å²) in [6.07, 6.45) is 0. The lowest BCUT2D eigenvalue weighted by Gasteiger charge is -2.24. The fourth-order valence-electron chi connectivity index (χ4n) is 3.05. The van der Waals surface area contributed by atoms with Crippen LogP contribution in [0.4, 0.5) is 5.69 Å². The molecule has 0 saturated carbocycles. The fraction of sp³-hybridized carbons (Fsp3) is 0.167. The van der Waals surface area contributed by atoms with E-state index in [4.69, 9.17) is 16.3 Å². The maximum absolute atomic E-state index is 13.5. The third kappa shape index (κ3) is 6.28. The van der Waals surface area contributed by atoms with E-state index >= 15 is 0 Å². The number of halogens is 2. The molecule has 1 amide bonds. The van der Waals surface area contributed by atoms with Gasteiger partial charge >= 0.3 is 0 Å². The van der Waals surface area contributed by atoms with Gasteiger partial charge in [0.05, 0.1) is 28.4 Å². The van der Waals surface area contributed by atoms with Crippen LogP contribution in [0.2, 0.25) is 5.02 Å². The summed E-state index contributed by atoms with van der Waals surface area (Å²) in [6.45, 7) is 3.12. The lowest BCUT2D eigenvalue weighted by molar-refractivity contribution is -0.119. The van der Waals surface area contributed by atoms with Gasteiger partial charge in [-0.1, -0.05) is 41.4 Å². The number of aryl methyl sites for hydroxylation is 1. The van der Waals surface area contributed by atoms with Crippen molar-refractivity contribution in [3.8, 4) is 5.75 Å². The average Bonchev–Trinajstić information content (AvgIpc) is 2.81. The second kappa shape index (κ2) is 11.2. The number of hydrogen-bond donors (Lipinski definition) is 1. The summed E-state index contributed by atoms with van der Waals surface area (Å²) in [5.74, 6) is -0.215. The van der Waals surface area contributed by atoms with E-state index in [2.05, 4.69) is 33.1 Å². The average molecular weight is 612 g/mol. The van der Waals surface area contributed by atoms with Crippen molar-refractivity contribution in [1.82, 2.24) is 5.43 Å². The topological polar surface area (TPSA) is 88.1 Å². The molecule has 34 heavy (non-hydrogen) atoms. The van der Waals surface area contributed by atoms with Crippen LogP contribution in [0, 0.1) is 10.5 Å². The Kier molecular flexibility index (Phi) is 8.56. The number of hydrazone groups is 1. The van der Waals surface area contributed by atoms with Gasteiger partial charge in [-0.2, -0.15) is 5.10 Å². The minimum absolute atomic E-state index is 0.0522. The van der Waals surface area contributed by atoms with Crippen LogP contribution in [0.25, 0.3) is 0 Å². The van der Waals surface area contributed by atoms with Crippen molar-refractivity contribution in [2.75, 3.05) is 18.0 Å². The van der Waals surface area contributed by atoms with Gasteiger partial charge in [0.1, 0.15) is 12.3 Å². The zero-order valence-electron chi connectivity index (χ0n) is 18.7. The number of carbonyl (C=O) groups is 1. The van der Waals surface area contributed by atoms with E-state index in [1.165, 1.54) is 31.4 Å². The highest BCUT2D eigenvalue weighted by atomic mass is 127. The third-order valence-corrected chi connectivity index (χ3v) is 7.66. The molecule has 0 fully saturated rings. The lowest BCUT2D eigenvalue weighted by Crippen LogP contribution is -2.39. The molecule has 3 aromatic rings. The molecular weight excluding hydrogens is 589 g/mol. The maximum atomic E-state index is 13.5. The number of sulfonamides is 1. The molecule has 0 saturated heterocycles. The van der Waals surface area contributed by atoms with Crippen LogP contribution in [0.3, 0.4) is 0 Å². The molecule has 3 rings (SSSR count). The van der Waals surface area contributed by atoms with Crippen molar-refractivity contribution in [2.24, 2.45) is 5.10 Å². The SMILES string of the molecule is COc1ccc(N(CC(=O)N/N=C(/C)c2cccc(I)c2)S(=O)(=O)c2ccc(C)cc2)cc1Cl. The molecule has 0 aliphatic rings. The first-order valence-corrected chi connectivity index (χ1v) is 13.0. The van der Waals surface area contributed by atoms with Crippen LogP contribution in [0.1, 0.15) is 18.1 Å². The number of ether oxygens (including phenoxy) is 1. The maximum Gasteiger partial charge on any atom is 0.264 e. The molecule has 10 heteroatoms. The van der Waals surface area contributed by atoms with E-state index in [1.54, 1.807) is 25.1 Å². The Balaban J connectivity index is 1.92. The molecule has 0 bridgehead atoms. The molecule has 0 aromatic heterocycles. The number of methoxy groups -OCH3 is 1. The number of rotatable bonds is 8. The van der Waals surface area contributed by atoms with E-state index in [1.807, 2.05) is 31.2 Å². The van der Waals surface area contributed by atoms with Gasteiger partial charge in [-0.05, 0) is 84.5 Å². The Bertz CT molecular complexity index is 1330. The minimum Gasteiger partial charge on any atom is -0.495 e. The number of nitrogens with zero attached hydrogens (tertiary/aromatic N) is 2. The quantitative estimate of drug-likeness (QED) is 0.221. The molecule has 3 aromatic carbocycles. The summed E-state index contributed by atoms with van der Waals surface area (Å²) in [6, 6.07) is 18.6. The Morgan fingerprint density at radius 3 is 2.44 bits per heavy atom. The molecule has 0 spiro atoms. The zero-order chi connectivity index (χ0) is 24.9. The Morgan fingerprint density at radius 2 is 1.82 bits per heavy atom. The number of benzene rings is 3. The van der Waals surface area contributed by atoms with Crippen molar-refractivity contribution in [3.05, 3.63) is 86.4 Å². The zero-order valence-corrected chi connectivity index (χ0v) is 22.5. The van der Waals surface area contributed by atoms with E-state index in [0.29, 0.717) is 11.5 Å². The smallest absolute Gasteiger partial charge is 0.264 e. The molecule has 0 unspecified atom stereocenters. The molecule has 178 valence electrons. The number of amides is 1. The first kappa shape index (κ1) is 26.0. The molecule has 0 atom stereocenters. The van der Waals surface area contributed by atoms with Crippen molar-refractivity contribution in [1.29, 1.82) is 0 Å². The van der Waals surface area contributed by atoms with Gasteiger partial charge in [-0.3, -0.25) is 9.10 Å². The van der Waals surface area contributed by atoms with Crippen LogP contribution in [0.15, 0.2) is 76.7 Å². The van der Waals surface area contributed by atoms with Gasteiger partial charge in [-0.25, -0.2) is 13.8 Å². The van der Waals surface area contributed by atoms with Gasteiger partial charge in [0, 0.05) is 3.57 Å². The number of hydrogen-bond acceptors (Lipinski definition) is 5. The summed E-state index contributed by atoms with van der Waals surface area (Å²) < 4.78 is 34.1. The normalized spacial score (nSPS) is 11.7. The monoisotopic (exact) mass is 611 g/mol. The molecule has 1 N–H and O–H groups in total. The first-order valence-electron chi connectivity index (χ1n) is 10.1. The molecule has 7 nitrogen and oxygen atoms in total. The molecule has 0 radical (unpaired) electrons. The van der Waals surface area contributed by atoms with Crippen LogP contribution in [-0.2, 0) is 14.8 Å². The summed E-state index contributed by atoms with van der Waals surface area (Å²) in [4.78, 5) is 12.8. The standard InChI is InChI=1S/C24H23ClIN3O4S/c1-16-7-10-21(11-8-16)34(31,32)29(20-9-12-23(33-3)22(25)14-20)15-24(30)28-27-17(2)18-5-4-6-19(26)13-18/h4-14H,15H2,1-3H3,(H,28,30)/b27-17-. The van der Waals surface area contributed by atoms with Crippen molar-refractivity contribution < 1.29 is 17.9 Å². The van der Waals surface area contributed by atoms with Crippen LogP contribution >= 0.6 is 34.2 Å². The second-order valence-electron chi connectivity index (χ2n) is 7.39. The van der Waals surface area contributed by atoms with Crippen molar-refractivity contribution >= 4 is 61.5 Å². The molecule has 0 aliphatic carbocycles. The van der Waals surface area contributed by atoms with Gasteiger partial charge < -0.3 is 4.74 Å². The molecule has 0 aliphatic heterocycles. The Labute approximate surface area is 218 Å². The van der Waals surface area contributed by atoms with Gasteiger partial charge in [0.25, 0.3) is 15.9 Å². The molecule has 0 heterocycles. The Morgan fingerprint density at radius 1 is 1.12 bits per heavy atom. The number of anilines is 1. The van der Waals surface area contributed by atoms with Gasteiger partial charge in [0.2, 0.25) is 0 Å². The van der Waals surface area contributed by atoms with E-state index in [-0.39, 0.29) is 15.6 Å². The second-order valence-corrected chi connectivity index (χ2v) is 10.9. The van der Waals surface area contributed by atoms with E-state index in [0.717, 1.165) is 19.0 Å². The minimum atomic E-state index is -4.08. The predicted molar refractivity (Wildman–Crippen MR) is 143 cm³/mol. The summed E-state index contributed by atoms with van der Waals surface area (Å²) >= 11 is 8.43. The predicted octanol–water partition coefficient (Wildman–Crippen LogP) is 5.00. The van der Waals surface area contributed by atoms with E-state index < -0.39 is 22.5 Å². The summed E-state index contributed by atoms with van der Waals surface area (Å²) in [7, 11) is -2.61.